The second-order valence-electron chi connectivity index (χ2n) is 10.2. The lowest BCUT2D eigenvalue weighted by Crippen LogP contribution is -2.39. The lowest BCUT2D eigenvalue weighted by atomic mass is 10.1. The molecule has 1 rings (SSSR count). The number of ether oxygens (including phenoxy) is 6. The van der Waals surface area contributed by atoms with Gasteiger partial charge in [-0.05, 0) is 78.5 Å². The van der Waals surface area contributed by atoms with E-state index >= 15 is 0 Å². The van der Waals surface area contributed by atoms with Crippen LogP contribution in [-0.2, 0) is 35.0 Å². The Kier molecular flexibility index (Phi) is 12.0. The molecule has 2 N–H and O–H groups in total. The summed E-state index contributed by atoms with van der Waals surface area (Å²) in [5.41, 5.74) is 4.97. The van der Waals surface area contributed by atoms with Gasteiger partial charge in [-0.15, -0.1) is 0 Å². The minimum atomic E-state index is -1.08. The molecule has 1 aromatic rings. The second-order valence-corrected chi connectivity index (χ2v) is 10.2. The van der Waals surface area contributed by atoms with Crippen LogP contribution in [0.1, 0.15) is 80.7 Å². The molecule has 0 fully saturated rings. The number of carbonyl (C=O) groups is 4. The maximum atomic E-state index is 12.5. The second kappa shape index (κ2) is 14.0. The van der Waals surface area contributed by atoms with Gasteiger partial charge in [0.1, 0.15) is 29.5 Å². The van der Waals surface area contributed by atoms with Gasteiger partial charge >= 0.3 is 24.2 Å². The van der Waals surface area contributed by atoms with Crippen LogP contribution in [0.5, 0.6) is 11.5 Å². The number of hydrogen-bond acceptors (Lipinski definition) is 11. The van der Waals surface area contributed by atoms with E-state index in [1.54, 1.807) is 47.6 Å². The first-order valence-electron chi connectivity index (χ1n) is 12.6. The molecule has 0 aromatic heterocycles. The molecular weight excluding hydrogens is 498 g/mol. The van der Waals surface area contributed by atoms with Crippen molar-refractivity contribution in [2.45, 2.75) is 111 Å². The molecule has 214 valence electrons. The third kappa shape index (κ3) is 11.4. The molecule has 0 bridgehead atoms. The molecule has 0 saturated carbocycles. The summed E-state index contributed by atoms with van der Waals surface area (Å²) in [6.07, 6.45) is -2.26. The van der Waals surface area contributed by atoms with Gasteiger partial charge in [-0.25, -0.2) is 9.59 Å². The molecule has 0 amide bonds. The summed E-state index contributed by atoms with van der Waals surface area (Å²) in [6, 6.07) is 3.28. The van der Waals surface area contributed by atoms with Gasteiger partial charge in [0.25, 0.3) is 0 Å². The fraction of sp³-hybridized carbons (Fsp3) is 0.630. The average Bonchev–Trinajstić information content (AvgIpc) is 2.79. The molecule has 11 nitrogen and oxygen atoms in total. The molecule has 0 spiro atoms. The summed E-state index contributed by atoms with van der Waals surface area (Å²) >= 11 is 0. The summed E-state index contributed by atoms with van der Waals surface area (Å²) < 4.78 is 31.6. The van der Waals surface area contributed by atoms with E-state index in [1.807, 2.05) is 13.8 Å². The number of benzene rings is 1. The van der Waals surface area contributed by atoms with Gasteiger partial charge in [0.15, 0.2) is 11.5 Å². The fourth-order valence-corrected chi connectivity index (χ4v) is 2.72. The Balaban J connectivity index is 3.09. The standard InChI is InChI=1S/C27H41NO10/c1-10-26(6,7)37-24(31)35-21-13-12-19(15-22(21)36-25(32)38-27(8,9)11-2)14-20(28)23(30)34-17(4)16(3)33-18(5)29/h12-13,15-17,20H,10-11,14,28H2,1-9H3/t16-,17-,20-/m0/s1. The molecule has 0 unspecified atom stereocenters. The molecule has 0 aliphatic carbocycles. The van der Waals surface area contributed by atoms with Crippen LogP contribution in [0.2, 0.25) is 0 Å². The van der Waals surface area contributed by atoms with Crippen molar-refractivity contribution in [3.8, 4) is 11.5 Å². The molecule has 0 aliphatic rings. The number of esters is 2. The lowest BCUT2D eigenvalue weighted by molar-refractivity contribution is -0.164. The van der Waals surface area contributed by atoms with E-state index in [0.29, 0.717) is 18.4 Å². The highest BCUT2D eigenvalue weighted by molar-refractivity contribution is 5.76. The summed E-state index contributed by atoms with van der Waals surface area (Å²) in [4.78, 5) is 48.4. The van der Waals surface area contributed by atoms with E-state index in [4.69, 9.17) is 34.2 Å². The first kappa shape index (κ1) is 32.7. The fourth-order valence-electron chi connectivity index (χ4n) is 2.72. The van der Waals surface area contributed by atoms with Gasteiger partial charge in [0, 0.05) is 6.92 Å². The molecular formula is C27H41NO10. The predicted octanol–water partition coefficient (Wildman–Crippen LogP) is 4.85. The highest BCUT2D eigenvalue weighted by Crippen LogP contribution is 2.31. The van der Waals surface area contributed by atoms with Gasteiger partial charge in [0.2, 0.25) is 0 Å². The lowest BCUT2D eigenvalue weighted by Gasteiger charge is -2.24. The maximum Gasteiger partial charge on any atom is 0.514 e. The van der Waals surface area contributed by atoms with Crippen molar-refractivity contribution in [3.05, 3.63) is 23.8 Å². The van der Waals surface area contributed by atoms with Crippen LogP contribution in [0.15, 0.2) is 18.2 Å². The number of rotatable bonds is 12. The van der Waals surface area contributed by atoms with Crippen LogP contribution < -0.4 is 15.2 Å². The van der Waals surface area contributed by atoms with Crippen LogP contribution in [0.3, 0.4) is 0 Å². The summed E-state index contributed by atoms with van der Waals surface area (Å²) in [7, 11) is 0. The zero-order valence-corrected chi connectivity index (χ0v) is 23.7. The highest BCUT2D eigenvalue weighted by Gasteiger charge is 2.27. The topological polar surface area (TPSA) is 150 Å². The Morgan fingerprint density at radius 3 is 1.76 bits per heavy atom. The SMILES string of the molecule is CCC(C)(C)OC(=O)Oc1ccc(C[C@H](N)C(=O)O[C@@H](C)[C@H](C)OC(C)=O)cc1OC(=O)OC(C)(C)CC. The Labute approximate surface area is 224 Å². The summed E-state index contributed by atoms with van der Waals surface area (Å²) in [5, 5.41) is 0. The van der Waals surface area contributed by atoms with Crippen molar-refractivity contribution in [1.29, 1.82) is 0 Å². The quantitative estimate of drug-likeness (QED) is 0.221. The van der Waals surface area contributed by atoms with Crippen molar-refractivity contribution < 1.29 is 47.6 Å². The van der Waals surface area contributed by atoms with E-state index in [9.17, 15) is 19.2 Å². The Morgan fingerprint density at radius 1 is 0.816 bits per heavy atom. The van der Waals surface area contributed by atoms with E-state index in [1.165, 1.54) is 19.1 Å². The zero-order chi connectivity index (χ0) is 29.3. The van der Waals surface area contributed by atoms with Crippen molar-refractivity contribution in [2.75, 3.05) is 0 Å². The number of hydrogen-bond donors (Lipinski definition) is 1. The molecule has 3 atom stereocenters. The largest absolute Gasteiger partial charge is 0.514 e. The van der Waals surface area contributed by atoms with Gasteiger partial charge in [0.05, 0.1) is 0 Å². The van der Waals surface area contributed by atoms with Crippen LogP contribution >= 0.6 is 0 Å². The first-order chi connectivity index (χ1) is 17.5. The number of nitrogens with two attached hydrogens (primary N) is 1. The van der Waals surface area contributed by atoms with Gasteiger partial charge in [-0.2, -0.15) is 0 Å². The van der Waals surface area contributed by atoms with Crippen LogP contribution in [0, 0.1) is 0 Å². The minimum Gasteiger partial charge on any atom is -0.459 e. The van der Waals surface area contributed by atoms with E-state index in [2.05, 4.69) is 0 Å². The Bertz CT molecular complexity index is 988. The first-order valence-corrected chi connectivity index (χ1v) is 12.6. The average molecular weight is 540 g/mol. The van der Waals surface area contributed by atoms with E-state index < -0.39 is 53.7 Å². The van der Waals surface area contributed by atoms with Crippen molar-refractivity contribution >= 4 is 24.2 Å². The van der Waals surface area contributed by atoms with Gasteiger partial charge < -0.3 is 34.2 Å². The minimum absolute atomic E-state index is 0.00690. The normalized spacial score (nSPS) is 13.9. The molecule has 0 saturated heterocycles. The molecule has 38 heavy (non-hydrogen) atoms. The third-order valence-electron chi connectivity index (χ3n) is 5.89. The predicted molar refractivity (Wildman–Crippen MR) is 138 cm³/mol. The summed E-state index contributed by atoms with van der Waals surface area (Å²) in [5.74, 6) is -1.42. The molecule has 0 radical (unpaired) electrons. The molecule has 1 aromatic carbocycles. The maximum absolute atomic E-state index is 12.5. The van der Waals surface area contributed by atoms with E-state index in [-0.39, 0.29) is 17.9 Å². The summed E-state index contributed by atoms with van der Waals surface area (Å²) in [6.45, 7) is 15.0. The monoisotopic (exact) mass is 539 g/mol. The van der Waals surface area contributed by atoms with Gasteiger partial charge in [-0.3, -0.25) is 9.59 Å². The van der Waals surface area contributed by atoms with Crippen LogP contribution in [0.4, 0.5) is 9.59 Å². The van der Waals surface area contributed by atoms with Crippen molar-refractivity contribution in [2.24, 2.45) is 5.73 Å². The van der Waals surface area contributed by atoms with Crippen molar-refractivity contribution in [1.82, 2.24) is 0 Å². The molecule has 0 aliphatic heterocycles. The van der Waals surface area contributed by atoms with Crippen LogP contribution in [-0.4, -0.2) is 53.7 Å². The zero-order valence-electron chi connectivity index (χ0n) is 23.7. The Hall–Kier alpha value is -3.34. The van der Waals surface area contributed by atoms with E-state index in [0.717, 1.165) is 0 Å². The molecule has 11 heteroatoms. The third-order valence-corrected chi connectivity index (χ3v) is 5.89. The van der Waals surface area contributed by atoms with Crippen LogP contribution in [0.25, 0.3) is 0 Å². The number of carbonyl (C=O) groups excluding carboxylic acids is 4. The molecule has 0 heterocycles. The highest BCUT2D eigenvalue weighted by atomic mass is 16.8. The van der Waals surface area contributed by atoms with Gasteiger partial charge in [-0.1, -0.05) is 19.9 Å². The van der Waals surface area contributed by atoms with Crippen molar-refractivity contribution in [3.63, 3.8) is 0 Å². The Morgan fingerprint density at radius 2 is 1.29 bits per heavy atom. The smallest absolute Gasteiger partial charge is 0.459 e.